The highest BCUT2D eigenvalue weighted by atomic mass is 16.3. The molecule has 0 saturated carbocycles. The molecule has 3 aromatic heterocycles. The molecule has 1 atom stereocenters. The molecule has 0 fully saturated rings. The van der Waals surface area contributed by atoms with Gasteiger partial charge in [0.1, 0.15) is 12.7 Å². The predicted octanol–water partition coefficient (Wildman–Crippen LogP) is 8.02. The maximum atomic E-state index is 14.3. The lowest BCUT2D eigenvalue weighted by Crippen LogP contribution is -2.28. The highest BCUT2D eigenvalue weighted by Crippen LogP contribution is 2.47. The van der Waals surface area contributed by atoms with Crippen LogP contribution in [0.4, 0.5) is 5.69 Å². The fraction of sp³-hybridized carbons (Fsp3) is 0.0250. The first-order chi connectivity index (χ1) is 23.7. The van der Waals surface area contributed by atoms with E-state index in [4.69, 9.17) is 0 Å². The first-order valence-corrected chi connectivity index (χ1v) is 15.6. The fourth-order valence-corrected chi connectivity index (χ4v) is 7.06. The minimum atomic E-state index is -1.25. The summed E-state index contributed by atoms with van der Waals surface area (Å²) in [6.07, 6.45) is 8.97. The standard InChI is InChI=1S/C40H26N6O2/c47-39-33-16-8-18-35(36(33)40(48)46(39)34-17-5-4-11-28(34)25-9-2-1-3-10-25)45-37-29(26-19-41-23-42-20-26)12-6-14-31(37)32-15-7-13-30(38(32)45)27-21-43-24-44-22-27/h1-24,40,48H. The zero-order valence-corrected chi connectivity index (χ0v) is 25.5. The van der Waals surface area contributed by atoms with E-state index in [1.54, 1.807) is 30.9 Å². The van der Waals surface area contributed by atoms with Crippen molar-refractivity contribution in [3.05, 3.63) is 158 Å². The summed E-state index contributed by atoms with van der Waals surface area (Å²) in [4.78, 5) is 33.1. The van der Waals surface area contributed by atoms with E-state index < -0.39 is 6.23 Å². The average molecular weight is 623 g/mol. The Balaban J connectivity index is 1.35. The summed E-state index contributed by atoms with van der Waals surface area (Å²) >= 11 is 0. The number of hydrogen-bond donors (Lipinski definition) is 1. The van der Waals surface area contributed by atoms with E-state index in [-0.39, 0.29) is 5.91 Å². The summed E-state index contributed by atoms with van der Waals surface area (Å²) in [7, 11) is 0. The lowest BCUT2D eigenvalue weighted by molar-refractivity contribution is 0.0935. The average Bonchev–Trinajstić information content (AvgIpc) is 3.63. The van der Waals surface area contributed by atoms with Gasteiger partial charge < -0.3 is 9.67 Å². The molecule has 8 heteroatoms. The number of aliphatic hydroxyl groups excluding tert-OH is 1. The number of hydrogen-bond acceptors (Lipinski definition) is 6. The van der Waals surface area contributed by atoms with E-state index in [1.807, 2.05) is 78.9 Å². The molecule has 228 valence electrons. The summed E-state index contributed by atoms with van der Waals surface area (Å²) in [5.41, 5.74) is 9.46. The Morgan fingerprint density at radius 3 is 1.62 bits per heavy atom. The number of carbonyl (C=O) groups is 1. The number of nitrogens with zero attached hydrogens (tertiary/aromatic N) is 6. The molecule has 8 nitrogen and oxygen atoms in total. The van der Waals surface area contributed by atoms with Crippen LogP contribution >= 0.6 is 0 Å². The van der Waals surface area contributed by atoms with Crippen LogP contribution in [0.3, 0.4) is 0 Å². The third-order valence-corrected chi connectivity index (χ3v) is 9.08. The maximum absolute atomic E-state index is 14.3. The molecule has 4 heterocycles. The van der Waals surface area contributed by atoms with Crippen LogP contribution in [0.5, 0.6) is 0 Å². The maximum Gasteiger partial charge on any atom is 0.261 e. The van der Waals surface area contributed by atoms with Crippen LogP contribution in [0.25, 0.3) is 60.9 Å². The SMILES string of the molecule is O=C1c2cccc(-n3c4c(-c5cncnc5)cccc4c4cccc(-c5cncnc5)c43)c2C(O)N1c1ccccc1-c1ccccc1. The second-order valence-electron chi connectivity index (χ2n) is 11.7. The number of aliphatic hydroxyl groups is 1. The van der Waals surface area contributed by atoms with Crippen molar-refractivity contribution in [2.75, 3.05) is 4.90 Å². The normalized spacial score (nSPS) is 14.1. The van der Waals surface area contributed by atoms with Gasteiger partial charge in [0, 0.05) is 74.5 Å². The number of amides is 1. The summed E-state index contributed by atoms with van der Waals surface area (Å²) in [5, 5.41) is 14.3. The van der Waals surface area contributed by atoms with E-state index in [0.717, 1.165) is 55.2 Å². The van der Waals surface area contributed by atoms with Gasteiger partial charge in [-0.05, 0) is 23.8 Å². The molecule has 1 N–H and O–H groups in total. The summed E-state index contributed by atoms with van der Waals surface area (Å²) in [6.45, 7) is 0. The lowest BCUT2D eigenvalue weighted by Gasteiger charge is -2.25. The van der Waals surface area contributed by atoms with Crippen LogP contribution in [0, 0.1) is 0 Å². The van der Waals surface area contributed by atoms with Crippen molar-refractivity contribution in [2.45, 2.75) is 6.23 Å². The van der Waals surface area contributed by atoms with Crippen LogP contribution in [0.2, 0.25) is 0 Å². The molecule has 1 aliphatic rings. The number of fused-ring (bicyclic) bond motifs is 4. The van der Waals surface area contributed by atoms with Crippen LogP contribution in [-0.2, 0) is 0 Å². The first-order valence-electron chi connectivity index (χ1n) is 15.6. The van der Waals surface area contributed by atoms with Gasteiger partial charge in [0.15, 0.2) is 6.23 Å². The van der Waals surface area contributed by atoms with Crippen LogP contribution in [0.1, 0.15) is 22.1 Å². The smallest absolute Gasteiger partial charge is 0.261 e. The monoisotopic (exact) mass is 622 g/mol. The van der Waals surface area contributed by atoms with Crippen molar-refractivity contribution < 1.29 is 9.90 Å². The number of aromatic nitrogens is 5. The molecule has 0 spiro atoms. The van der Waals surface area contributed by atoms with Gasteiger partial charge in [-0.15, -0.1) is 0 Å². The molecule has 5 aromatic carbocycles. The van der Waals surface area contributed by atoms with E-state index in [1.165, 1.54) is 17.6 Å². The van der Waals surface area contributed by atoms with E-state index in [2.05, 4.69) is 48.8 Å². The lowest BCUT2D eigenvalue weighted by atomic mass is 10.0. The molecule has 9 rings (SSSR count). The largest absolute Gasteiger partial charge is 0.369 e. The van der Waals surface area contributed by atoms with Gasteiger partial charge in [0.25, 0.3) is 5.91 Å². The number of para-hydroxylation sites is 3. The van der Waals surface area contributed by atoms with E-state index in [9.17, 15) is 9.90 Å². The highest BCUT2D eigenvalue weighted by molar-refractivity contribution is 6.18. The van der Waals surface area contributed by atoms with Crippen molar-refractivity contribution in [1.82, 2.24) is 24.5 Å². The Hall–Kier alpha value is -6.51. The van der Waals surface area contributed by atoms with E-state index >= 15 is 0 Å². The molecule has 0 radical (unpaired) electrons. The molecule has 48 heavy (non-hydrogen) atoms. The molecule has 0 saturated heterocycles. The Morgan fingerprint density at radius 1 is 0.500 bits per heavy atom. The molecule has 1 unspecified atom stereocenters. The molecule has 8 aromatic rings. The quantitative estimate of drug-likeness (QED) is 0.209. The number of benzene rings is 5. The van der Waals surface area contributed by atoms with E-state index in [0.29, 0.717) is 22.5 Å². The third-order valence-electron chi connectivity index (χ3n) is 9.08. The Morgan fingerprint density at radius 2 is 1.00 bits per heavy atom. The van der Waals surface area contributed by atoms with Crippen molar-refractivity contribution >= 4 is 33.4 Å². The second-order valence-corrected chi connectivity index (χ2v) is 11.7. The number of carbonyl (C=O) groups excluding carboxylic acids is 1. The zero-order valence-electron chi connectivity index (χ0n) is 25.5. The van der Waals surface area contributed by atoms with Gasteiger partial charge in [-0.3, -0.25) is 9.69 Å². The highest BCUT2D eigenvalue weighted by Gasteiger charge is 2.40. The number of rotatable bonds is 5. The predicted molar refractivity (Wildman–Crippen MR) is 186 cm³/mol. The Kier molecular flexibility index (Phi) is 6.41. The van der Waals surface area contributed by atoms with Gasteiger partial charge >= 0.3 is 0 Å². The van der Waals surface area contributed by atoms with Crippen molar-refractivity contribution in [2.24, 2.45) is 0 Å². The van der Waals surface area contributed by atoms with Gasteiger partial charge in [-0.2, -0.15) is 0 Å². The third kappa shape index (κ3) is 4.17. The fourth-order valence-electron chi connectivity index (χ4n) is 7.06. The van der Waals surface area contributed by atoms with Gasteiger partial charge in [0.2, 0.25) is 0 Å². The molecule has 1 aliphatic heterocycles. The van der Waals surface area contributed by atoms with Crippen molar-refractivity contribution in [1.29, 1.82) is 0 Å². The Labute approximate surface area is 275 Å². The summed E-state index contributed by atoms with van der Waals surface area (Å²) < 4.78 is 2.16. The zero-order chi connectivity index (χ0) is 32.2. The molecule has 0 bridgehead atoms. The summed E-state index contributed by atoms with van der Waals surface area (Å²) in [6, 6.07) is 35.6. The van der Waals surface area contributed by atoms with Gasteiger partial charge in [-0.1, -0.05) is 91.0 Å². The number of anilines is 1. The minimum Gasteiger partial charge on any atom is -0.369 e. The van der Waals surface area contributed by atoms with Crippen LogP contribution in [0.15, 0.2) is 147 Å². The Bertz CT molecular complexity index is 2400. The van der Waals surface area contributed by atoms with Crippen LogP contribution < -0.4 is 4.90 Å². The molecule has 1 amide bonds. The first kappa shape index (κ1) is 27.8. The van der Waals surface area contributed by atoms with Gasteiger partial charge in [0.05, 0.1) is 22.4 Å². The summed E-state index contributed by atoms with van der Waals surface area (Å²) in [5.74, 6) is -0.267. The molecule has 0 aliphatic carbocycles. The minimum absolute atomic E-state index is 0.267. The molecular weight excluding hydrogens is 596 g/mol. The second kappa shape index (κ2) is 11.1. The van der Waals surface area contributed by atoms with Crippen molar-refractivity contribution in [3.63, 3.8) is 0 Å². The topological polar surface area (TPSA) is 97.0 Å². The van der Waals surface area contributed by atoms with Gasteiger partial charge in [-0.25, -0.2) is 19.9 Å². The van der Waals surface area contributed by atoms with Crippen LogP contribution in [-0.4, -0.2) is 35.5 Å². The molecular formula is C40H26N6O2. The van der Waals surface area contributed by atoms with Crippen molar-refractivity contribution in [3.8, 4) is 39.1 Å².